The van der Waals surface area contributed by atoms with E-state index in [4.69, 9.17) is 5.73 Å². The van der Waals surface area contributed by atoms with Crippen molar-refractivity contribution in [1.82, 2.24) is 5.32 Å². The molecule has 0 bridgehead atoms. The Labute approximate surface area is 95.2 Å². The number of anilines is 2. The third-order valence-electron chi connectivity index (χ3n) is 2.82. The molecule has 1 fully saturated rings. The number of nitrogen functional groups attached to an aromatic ring is 1. The van der Waals surface area contributed by atoms with E-state index in [1.807, 2.05) is 25.1 Å². The summed E-state index contributed by atoms with van der Waals surface area (Å²) in [6.45, 7) is 2.78. The van der Waals surface area contributed by atoms with Gasteiger partial charge < -0.3 is 16.4 Å². The molecule has 16 heavy (non-hydrogen) atoms. The van der Waals surface area contributed by atoms with Crippen molar-refractivity contribution >= 4 is 17.3 Å². The molecule has 1 aromatic rings. The molecule has 4 nitrogen and oxygen atoms in total. The van der Waals surface area contributed by atoms with Crippen molar-refractivity contribution in [3.05, 3.63) is 23.8 Å². The number of nitrogens with one attached hydrogen (secondary N) is 2. The largest absolute Gasteiger partial charge is 0.397 e. The Morgan fingerprint density at radius 3 is 3.06 bits per heavy atom. The minimum atomic E-state index is -0.155. The summed E-state index contributed by atoms with van der Waals surface area (Å²) >= 11 is 0. The number of carbonyl (C=O) groups excluding carboxylic acids is 1. The Morgan fingerprint density at radius 2 is 2.31 bits per heavy atom. The van der Waals surface area contributed by atoms with Crippen molar-refractivity contribution in [3.63, 3.8) is 0 Å². The van der Waals surface area contributed by atoms with Crippen LogP contribution in [-0.4, -0.2) is 18.5 Å². The van der Waals surface area contributed by atoms with E-state index in [0.717, 1.165) is 30.6 Å². The summed E-state index contributed by atoms with van der Waals surface area (Å²) in [6.07, 6.45) is 1.87. The van der Waals surface area contributed by atoms with Crippen LogP contribution in [0.3, 0.4) is 0 Å². The second-order valence-corrected chi connectivity index (χ2v) is 4.22. The SMILES string of the molecule is Cc1ccc(N)c(NC2CCCNC2=O)c1. The Hall–Kier alpha value is -1.71. The number of nitrogens with two attached hydrogens (primary N) is 1. The molecule has 1 atom stereocenters. The molecule has 1 heterocycles. The fraction of sp³-hybridized carbons (Fsp3) is 0.417. The first kappa shape index (κ1) is 10.8. The Bertz CT molecular complexity index is 403. The molecule has 0 aromatic heterocycles. The first-order valence-electron chi connectivity index (χ1n) is 5.57. The van der Waals surface area contributed by atoms with Crippen LogP contribution in [0.25, 0.3) is 0 Å². The van der Waals surface area contributed by atoms with Gasteiger partial charge in [-0.3, -0.25) is 4.79 Å². The predicted molar refractivity (Wildman–Crippen MR) is 65.2 cm³/mol. The molecule has 1 amide bonds. The highest BCUT2D eigenvalue weighted by atomic mass is 16.2. The quantitative estimate of drug-likeness (QED) is 0.656. The number of aryl methyl sites for hydroxylation is 1. The van der Waals surface area contributed by atoms with E-state index < -0.39 is 0 Å². The standard InChI is InChI=1S/C12H17N3O/c1-8-4-5-9(13)11(7-8)15-10-3-2-6-14-12(10)16/h4-5,7,10,15H,2-3,6,13H2,1H3,(H,14,16). The summed E-state index contributed by atoms with van der Waals surface area (Å²) in [6, 6.07) is 5.63. The van der Waals surface area contributed by atoms with Crippen LogP contribution < -0.4 is 16.4 Å². The zero-order valence-corrected chi connectivity index (χ0v) is 9.42. The Kier molecular flexibility index (Phi) is 2.99. The number of carbonyl (C=O) groups is 1. The third kappa shape index (κ3) is 2.27. The van der Waals surface area contributed by atoms with Crippen molar-refractivity contribution in [2.75, 3.05) is 17.6 Å². The van der Waals surface area contributed by atoms with E-state index in [9.17, 15) is 4.79 Å². The molecule has 1 unspecified atom stereocenters. The Morgan fingerprint density at radius 1 is 1.50 bits per heavy atom. The van der Waals surface area contributed by atoms with Crippen LogP contribution >= 0.6 is 0 Å². The van der Waals surface area contributed by atoms with Gasteiger partial charge in [0.1, 0.15) is 6.04 Å². The Balaban J connectivity index is 2.13. The summed E-state index contributed by atoms with van der Waals surface area (Å²) in [7, 11) is 0. The van der Waals surface area contributed by atoms with E-state index in [1.165, 1.54) is 0 Å². The lowest BCUT2D eigenvalue weighted by atomic mass is 10.1. The van der Waals surface area contributed by atoms with E-state index in [0.29, 0.717) is 5.69 Å². The molecule has 4 N–H and O–H groups in total. The molecule has 0 radical (unpaired) electrons. The number of rotatable bonds is 2. The monoisotopic (exact) mass is 219 g/mol. The normalized spacial score (nSPS) is 20.3. The van der Waals surface area contributed by atoms with Gasteiger partial charge in [-0.05, 0) is 37.5 Å². The summed E-state index contributed by atoms with van der Waals surface area (Å²) in [5, 5.41) is 6.05. The molecule has 1 saturated heterocycles. The van der Waals surface area contributed by atoms with Gasteiger partial charge in [0.15, 0.2) is 0 Å². The molecule has 0 spiro atoms. The number of piperidine rings is 1. The fourth-order valence-electron chi connectivity index (χ4n) is 1.89. The highest BCUT2D eigenvalue weighted by Crippen LogP contribution is 2.22. The van der Waals surface area contributed by atoms with Gasteiger partial charge in [0.25, 0.3) is 0 Å². The predicted octanol–water partition coefficient (Wildman–Crippen LogP) is 1.27. The summed E-state index contributed by atoms with van der Waals surface area (Å²) in [5.74, 6) is 0.0622. The van der Waals surface area contributed by atoms with Gasteiger partial charge in [0.05, 0.1) is 11.4 Å². The molecule has 1 aliphatic rings. The first-order chi connectivity index (χ1) is 7.66. The lowest BCUT2D eigenvalue weighted by molar-refractivity contribution is -0.123. The average molecular weight is 219 g/mol. The maximum atomic E-state index is 11.6. The van der Waals surface area contributed by atoms with Crippen LogP contribution in [0.2, 0.25) is 0 Å². The van der Waals surface area contributed by atoms with Crippen molar-refractivity contribution in [3.8, 4) is 0 Å². The van der Waals surface area contributed by atoms with Crippen molar-refractivity contribution < 1.29 is 4.79 Å². The lowest BCUT2D eigenvalue weighted by Gasteiger charge is -2.24. The fourth-order valence-corrected chi connectivity index (χ4v) is 1.89. The molecule has 1 aliphatic heterocycles. The number of hydrogen-bond donors (Lipinski definition) is 3. The van der Waals surface area contributed by atoms with Gasteiger partial charge in [0, 0.05) is 6.54 Å². The molecular weight excluding hydrogens is 202 g/mol. The third-order valence-corrected chi connectivity index (χ3v) is 2.82. The van der Waals surface area contributed by atoms with Crippen molar-refractivity contribution in [1.29, 1.82) is 0 Å². The van der Waals surface area contributed by atoms with Crippen LogP contribution in [0.1, 0.15) is 18.4 Å². The minimum absolute atomic E-state index is 0.0622. The van der Waals surface area contributed by atoms with Gasteiger partial charge in [-0.25, -0.2) is 0 Å². The molecule has 0 aliphatic carbocycles. The van der Waals surface area contributed by atoms with Gasteiger partial charge in [0.2, 0.25) is 5.91 Å². The highest BCUT2D eigenvalue weighted by Gasteiger charge is 2.21. The summed E-state index contributed by atoms with van der Waals surface area (Å²) in [4.78, 5) is 11.6. The smallest absolute Gasteiger partial charge is 0.242 e. The van der Waals surface area contributed by atoms with Crippen LogP contribution in [0.15, 0.2) is 18.2 Å². The number of hydrogen-bond acceptors (Lipinski definition) is 3. The maximum Gasteiger partial charge on any atom is 0.242 e. The van der Waals surface area contributed by atoms with E-state index >= 15 is 0 Å². The summed E-state index contributed by atoms with van der Waals surface area (Å²) < 4.78 is 0. The van der Waals surface area contributed by atoms with E-state index in [-0.39, 0.29) is 11.9 Å². The summed E-state index contributed by atoms with van der Waals surface area (Å²) in [5.41, 5.74) is 8.52. The van der Waals surface area contributed by atoms with Crippen molar-refractivity contribution in [2.24, 2.45) is 0 Å². The lowest BCUT2D eigenvalue weighted by Crippen LogP contribution is -2.44. The van der Waals surface area contributed by atoms with Gasteiger partial charge >= 0.3 is 0 Å². The number of benzene rings is 1. The van der Waals surface area contributed by atoms with Crippen LogP contribution in [-0.2, 0) is 4.79 Å². The van der Waals surface area contributed by atoms with Crippen molar-refractivity contribution in [2.45, 2.75) is 25.8 Å². The molecular formula is C12H17N3O. The average Bonchev–Trinajstić information content (AvgIpc) is 2.27. The van der Waals surface area contributed by atoms with E-state index in [2.05, 4.69) is 10.6 Å². The maximum absolute atomic E-state index is 11.6. The highest BCUT2D eigenvalue weighted by molar-refractivity contribution is 5.86. The van der Waals surface area contributed by atoms with Crippen LogP contribution in [0.5, 0.6) is 0 Å². The molecule has 4 heteroatoms. The van der Waals surface area contributed by atoms with Crippen LogP contribution in [0, 0.1) is 6.92 Å². The van der Waals surface area contributed by atoms with Gasteiger partial charge in [-0.15, -0.1) is 0 Å². The molecule has 2 rings (SSSR count). The molecule has 0 saturated carbocycles. The minimum Gasteiger partial charge on any atom is -0.397 e. The topological polar surface area (TPSA) is 67.2 Å². The van der Waals surface area contributed by atoms with Gasteiger partial charge in [-0.2, -0.15) is 0 Å². The second kappa shape index (κ2) is 4.43. The molecule has 86 valence electrons. The molecule has 1 aromatic carbocycles. The van der Waals surface area contributed by atoms with Crippen LogP contribution in [0.4, 0.5) is 11.4 Å². The second-order valence-electron chi connectivity index (χ2n) is 4.22. The zero-order valence-electron chi connectivity index (χ0n) is 9.42. The first-order valence-corrected chi connectivity index (χ1v) is 5.57. The zero-order chi connectivity index (χ0) is 11.5. The number of amides is 1. The van der Waals surface area contributed by atoms with E-state index in [1.54, 1.807) is 0 Å². The van der Waals surface area contributed by atoms with Gasteiger partial charge in [-0.1, -0.05) is 6.07 Å².